The molecule has 3 N–H and O–H groups in total. The number of nitrogens with one attached hydrogen (secondary N) is 1. The molecule has 2 amide bonds. The monoisotopic (exact) mass is 457 g/mol. The molecule has 0 fully saturated rings. The van der Waals surface area contributed by atoms with Gasteiger partial charge in [0.15, 0.2) is 16.8 Å². The van der Waals surface area contributed by atoms with E-state index in [0.717, 1.165) is 5.69 Å². The third-order valence-corrected chi connectivity index (χ3v) is 5.80. The second-order valence-corrected chi connectivity index (χ2v) is 7.98. The standard InChI is InChI=1S/C26H20FN3O4/c27-19-10-11-20(28)23-21(31)14-22(34-24(19)23)15-6-8-16(9-7-15)29-12-3-13-30-25(32)17-4-1-2-5-18(17)26(30)33/h1-2,4-11,14,29H,3,12-13,28H2. The third kappa shape index (κ3) is 3.69. The normalized spacial score (nSPS) is 12.9. The zero-order valence-electron chi connectivity index (χ0n) is 18.0. The number of rotatable bonds is 6. The number of hydrogen-bond donors (Lipinski definition) is 2. The highest BCUT2D eigenvalue weighted by Crippen LogP contribution is 2.27. The molecule has 3 aromatic carbocycles. The lowest BCUT2D eigenvalue weighted by Gasteiger charge is -2.14. The van der Waals surface area contributed by atoms with Gasteiger partial charge in [-0.15, -0.1) is 0 Å². The van der Waals surface area contributed by atoms with Crippen LogP contribution in [0.5, 0.6) is 0 Å². The average Bonchev–Trinajstić information content (AvgIpc) is 3.09. The molecule has 8 heteroatoms. The van der Waals surface area contributed by atoms with Gasteiger partial charge in [0, 0.05) is 36.1 Å². The van der Waals surface area contributed by atoms with E-state index in [9.17, 15) is 18.8 Å². The molecule has 2 heterocycles. The van der Waals surface area contributed by atoms with Gasteiger partial charge in [-0.3, -0.25) is 19.3 Å². The molecule has 0 radical (unpaired) electrons. The Kier molecular flexibility index (Phi) is 5.33. The maximum absolute atomic E-state index is 14.2. The molecule has 0 unspecified atom stereocenters. The van der Waals surface area contributed by atoms with Crippen LogP contribution in [0.4, 0.5) is 15.8 Å². The number of nitrogens with two attached hydrogens (primary N) is 1. The summed E-state index contributed by atoms with van der Waals surface area (Å²) in [6, 6.07) is 17.7. The Labute approximate surface area is 193 Å². The first-order valence-electron chi connectivity index (χ1n) is 10.8. The van der Waals surface area contributed by atoms with Gasteiger partial charge in [0.25, 0.3) is 11.8 Å². The van der Waals surface area contributed by atoms with Crippen molar-refractivity contribution in [1.82, 2.24) is 4.90 Å². The number of nitrogens with zero attached hydrogens (tertiary/aromatic N) is 1. The van der Waals surface area contributed by atoms with Crippen LogP contribution in [0.1, 0.15) is 27.1 Å². The first-order valence-corrected chi connectivity index (χ1v) is 10.8. The number of benzene rings is 3. The Hall–Kier alpha value is -4.46. The van der Waals surface area contributed by atoms with Gasteiger partial charge in [0.2, 0.25) is 0 Å². The smallest absolute Gasteiger partial charge is 0.261 e. The molecule has 5 rings (SSSR count). The molecule has 0 aliphatic carbocycles. The van der Waals surface area contributed by atoms with E-state index in [0.29, 0.717) is 36.2 Å². The predicted octanol–water partition coefficient (Wildman–Crippen LogP) is 4.28. The van der Waals surface area contributed by atoms with Crippen LogP contribution in [0.2, 0.25) is 0 Å². The maximum atomic E-state index is 14.2. The molecule has 0 saturated carbocycles. The zero-order valence-corrected chi connectivity index (χ0v) is 18.0. The predicted molar refractivity (Wildman–Crippen MR) is 127 cm³/mol. The van der Waals surface area contributed by atoms with Crippen molar-refractivity contribution in [2.45, 2.75) is 6.42 Å². The van der Waals surface area contributed by atoms with Crippen molar-refractivity contribution < 1.29 is 18.4 Å². The van der Waals surface area contributed by atoms with Crippen molar-refractivity contribution in [3.8, 4) is 11.3 Å². The van der Waals surface area contributed by atoms with Crippen LogP contribution in [-0.2, 0) is 0 Å². The number of amides is 2. The van der Waals surface area contributed by atoms with E-state index in [4.69, 9.17) is 10.2 Å². The summed E-state index contributed by atoms with van der Waals surface area (Å²) >= 11 is 0. The molecule has 7 nitrogen and oxygen atoms in total. The fourth-order valence-corrected chi connectivity index (χ4v) is 4.06. The highest BCUT2D eigenvalue weighted by atomic mass is 19.1. The summed E-state index contributed by atoms with van der Waals surface area (Å²) in [7, 11) is 0. The maximum Gasteiger partial charge on any atom is 0.261 e. The Morgan fingerprint density at radius 3 is 2.26 bits per heavy atom. The summed E-state index contributed by atoms with van der Waals surface area (Å²) in [4.78, 5) is 38.5. The molecular weight excluding hydrogens is 437 g/mol. The number of imide groups is 1. The molecule has 0 saturated heterocycles. The SMILES string of the molecule is Nc1ccc(F)c2oc(-c3ccc(NCCCN4C(=O)c5ccccc5C4=O)cc3)cc(=O)c12. The number of halogens is 1. The second-order valence-electron chi connectivity index (χ2n) is 7.98. The van der Waals surface area contributed by atoms with Gasteiger partial charge in [-0.25, -0.2) is 4.39 Å². The van der Waals surface area contributed by atoms with E-state index >= 15 is 0 Å². The van der Waals surface area contributed by atoms with E-state index in [1.165, 1.54) is 23.1 Å². The lowest BCUT2D eigenvalue weighted by atomic mass is 10.1. The van der Waals surface area contributed by atoms with E-state index in [1.54, 1.807) is 48.5 Å². The van der Waals surface area contributed by atoms with Gasteiger partial charge in [-0.2, -0.15) is 0 Å². The third-order valence-electron chi connectivity index (χ3n) is 5.80. The van der Waals surface area contributed by atoms with Gasteiger partial charge in [-0.05, 0) is 55.0 Å². The molecule has 0 spiro atoms. The van der Waals surface area contributed by atoms with Crippen molar-refractivity contribution in [1.29, 1.82) is 0 Å². The summed E-state index contributed by atoms with van der Waals surface area (Å²) in [6.07, 6.45) is 0.577. The van der Waals surface area contributed by atoms with Crippen LogP contribution >= 0.6 is 0 Å². The zero-order chi connectivity index (χ0) is 23.8. The minimum absolute atomic E-state index is 0.0279. The van der Waals surface area contributed by atoms with Crippen molar-refractivity contribution in [3.05, 3.63) is 93.9 Å². The highest BCUT2D eigenvalue weighted by molar-refractivity contribution is 6.21. The fourth-order valence-electron chi connectivity index (χ4n) is 4.06. The topological polar surface area (TPSA) is 106 Å². The summed E-state index contributed by atoms with van der Waals surface area (Å²) in [5.41, 5.74) is 7.68. The summed E-state index contributed by atoms with van der Waals surface area (Å²) in [6.45, 7) is 0.858. The van der Waals surface area contributed by atoms with E-state index in [2.05, 4.69) is 5.32 Å². The van der Waals surface area contributed by atoms with Crippen LogP contribution < -0.4 is 16.5 Å². The summed E-state index contributed by atoms with van der Waals surface area (Å²) in [5, 5.41) is 3.27. The largest absolute Gasteiger partial charge is 0.453 e. The van der Waals surface area contributed by atoms with Gasteiger partial charge in [-0.1, -0.05) is 12.1 Å². The number of carbonyl (C=O) groups excluding carboxylic acids is 2. The minimum atomic E-state index is -0.653. The Morgan fingerprint density at radius 1 is 0.912 bits per heavy atom. The Balaban J connectivity index is 1.23. The van der Waals surface area contributed by atoms with Gasteiger partial charge in [0.05, 0.1) is 16.5 Å². The van der Waals surface area contributed by atoms with Crippen LogP contribution in [0.15, 0.2) is 75.9 Å². The second kappa shape index (κ2) is 8.47. The van der Waals surface area contributed by atoms with Crippen LogP contribution in [-0.4, -0.2) is 29.8 Å². The lowest BCUT2D eigenvalue weighted by Crippen LogP contribution is -2.31. The molecule has 1 aromatic heterocycles. The quantitative estimate of drug-likeness (QED) is 0.254. The van der Waals surface area contributed by atoms with Crippen molar-refractivity contribution >= 4 is 34.2 Å². The van der Waals surface area contributed by atoms with E-state index < -0.39 is 11.2 Å². The Morgan fingerprint density at radius 2 is 1.59 bits per heavy atom. The van der Waals surface area contributed by atoms with Crippen LogP contribution in [0.3, 0.4) is 0 Å². The number of hydrogen-bond acceptors (Lipinski definition) is 6. The molecule has 1 aliphatic rings. The van der Waals surface area contributed by atoms with Crippen LogP contribution in [0, 0.1) is 5.82 Å². The van der Waals surface area contributed by atoms with Crippen LogP contribution in [0.25, 0.3) is 22.3 Å². The summed E-state index contributed by atoms with van der Waals surface area (Å²) in [5.74, 6) is -0.946. The van der Waals surface area contributed by atoms with Gasteiger partial charge >= 0.3 is 0 Å². The summed E-state index contributed by atoms with van der Waals surface area (Å²) < 4.78 is 19.8. The van der Waals surface area contributed by atoms with Crippen molar-refractivity contribution in [3.63, 3.8) is 0 Å². The van der Waals surface area contributed by atoms with E-state index in [-0.39, 0.29) is 34.2 Å². The molecule has 1 aliphatic heterocycles. The lowest BCUT2D eigenvalue weighted by molar-refractivity contribution is 0.0654. The molecule has 170 valence electrons. The molecule has 34 heavy (non-hydrogen) atoms. The molecular formula is C26H20FN3O4. The number of anilines is 2. The van der Waals surface area contributed by atoms with Crippen molar-refractivity contribution in [2.75, 3.05) is 24.1 Å². The van der Waals surface area contributed by atoms with Crippen molar-refractivity contribution in [2.24, 2.45) is 0 Å². The minimum Gasteiger partial charge on any atom is -0.453 e. The van der Waals surface area contributed by atoms with E-state index in [1.807, 2.05) is 0 Å². The molecule has 0 bridgehead atoms. The van der Waals surface area contributed by atoms with Gasteiger partial charge in [0.1, 0.15) is 5.76 Å². The first kappa shape index (κ1) is 21.4. The number of fused-ring (bicyclic) bond motifs is 2. The molecule has 4 aromatic rings. The van der Waals surface area contributed by atoms with Gasteiger partial charge < -0.3 is 15.5 Å². The first-order chi connectivity index (χ1) is 16.4. The Bertz CT molecular complexity index is 1460. The number of carbonyl (C=O) groups is 2. The average molecular weight is 457 g/mol. The number of nitrogen functional groups attached to an aromatic ring is 1. The highest BCUT2D eigenvalue weighted by Gasteiger charge is 2.34. The molecule has 0 atom stereocenters. The fraction of sp³-hybridized carbons (Fsp3) is 0.115.